The van der Waals surface area contributed by atoms with Gasteiger partial charge in [0.1, 0.15) is 0 Å². The zero-order valence-electron chi connectivity index (χ0n) is 10.4. The number of amides is 1. The zero-order valence-corrected chi connectivity index (χ0v) is 11.2. The van der Waals surface area contributed by atoms with E-state index in [1.807, 2.05) is 18.2 Å². The van der Waals surface area contributed by atoms with Gasteiger partial charge in [-0.2, -0.15) is 0 Å². The molecule has 0 aliphatic carbocycles. The quantitative estimate of drug-likeness (QED) is 0.843. The van der Waals surface area contributed by atoms with Crippen molar-refractivity contribution in [3.8, 4) is 0 Å². The molecule has 1 saturated heterocycles. The summed E-state index contributed by atoms with van der Waals surface area (Å²) in [5, 5.41) is 11.9. The fourth-order valence-corrected chi connectivity index (χ4v) is 3.46. The Morgan fingerprint density at radius 1 is 1.47 bits per heavy atom. The van der Waals surface area contributed by atoms with Crippen molar-refractivity contribution in [2.45, 2.75) is 18.4 Å². The van der Waals surface area contributed by atoms with Crippen molar-refractivity contribution >= 4 is 27.5 Å². The van der Waals surface area contributed by atoms with Gasteiger partial charge in [-0.15, -0.1) is 0 Å². The van der Waals surface area contributed by atoms with E-state index in [1.54, 1.807) is 11.6 Å². The summed E-state index contributed by atoms with van der Waals surface area (Å²) in [6, 6.07) is 5.51. The molecule has 2 heterocycles. The zero-order chi connectivity index (χ0) is 13.6. The highest BCUT2D eigenvalue weighted by atomic mass is 32.1. The van der Waals surface area contributed by atoms with E-state index in [1.165, 1.54) is 11.3 Å². The van der Waals surface area contributed by atoms with E-state index in [0.717, 1.165) is 15.8 Å². The van der Waals surface area contributed by atoms with E-state index in [0.29, 0.717) is 6.42 Å². The number of fused-ring (bicyclic) bond motifs is 1. The van der Waals surface area contributed by atoms with Crippen LogP contribution in [0.2, 0.25) is 0 Å². The lowest BCUT2D eigenvalue weighted by molar-refractivity contribution is -0.120. The predicted molar refractivity (Wildman–Crippen MR) is 73.4 cm³/mol. The van der Waals surface area contributed by atoms with Crippen molar-refractivity contribution in [1.29, 1.82) is 0 Å². The van der Waals surface area contributed by atoms with Crippen LogP contribution in [-0.2, 0) is 11.8 Å². The van der Waals surface area contributed by atoms with Gasteiger partial charge in [0.15, 0.2) is 0 Å². The summed E-state index contributed by atoms with van der Waals surface area (Å²) in [7, 11) is 1.74. The molecule has 2 atom stereocenters. The van der Waals surface area contributed by atoms with Crippen LogP contribution in [0.3, 0.4) is 0 Å². The van der Waals surface area contributed by atoms with Gasteiger partial charge in [0.25, 0.3) is 0 Å². The number of carbonyl (C=O) groups excluding carboxylic acids is 1. The Morgan fingerprint density at radius 2 is 2.26 bits per heavy atom. The Labute approximate surface area is 113 Å². The number of rotatable bonds is 2. The van der Waals surface area contributed by atoms with E-state index in [2.05, 4.69) is 5.32 Å². The smallest absolute Gasteiger partial charge is 0.307 e. The van der Waals surface area contributed by atoms with Gasteiger partial charge in [-0.25, -0.2) is 0 Å². The Balaban J connectivity index is 2.02. The van der Waals surface area contributed by atoms with E-state index in [4.69, 9.17) is 5.11 Å². The van der Waals surface area contributed by atoms with E-state index in [-0.39, 0.29) is 29.3 Å². The van der Waals surface area contributed by atoms with Crippen molar-refractivity contribution in [2.75, 3.05) is 6.61 Å². The van der Waals surface area contributed by atoms with Crippen LogP contribution >= 0.6 is 11.3 Å². The lowest BCUT2D eigenvalue weighted by atomic mass is 9.96. The SMILES string of the molecule is Cn1c(=O)sc2cc(C3C[C@H](CO)NC3=O)ccc21. The molecule has 5 nitrogen and oxygen atoms in total. The van der Waals surface area contributed by atoms with E-state index in [9.17, 15) is 9.59 Å². The molecule has 100 valence electrons. The van der Waals surface area contributed by atoms with Gasteiger partial charge in [0, 0.05) is 7.05 Å². The molecular weight excluding hydrogens is 264 g/mol. The summed E-state index contributed by atoms with van der Waals surface area (Å²) in [4.78, 5) is 23.5. The minimum absolute atomic E-state index is 0.00346. The van der Waals surface area contributed by atoms with Crippen molar-refractivity contribution < 1.29 is 9.90 Å². The Bertz CT molecular complexity index is 703. The molecule has 0 radical (unpaired) electrons. The fraction of sp³-hybridized carbons (Fsp3) is 0.385. The van der Waals surface area contributed by atoms with Crippen LogP contribution in [0.1, 0.15) is 17.9 Å². The third-order valence-electron chi connectivity index (χ3n) is 3.62. The van der Waals surface area contributed by atoms with Crippen molar-refractivity contribution in [2.24, 2.45) is 7.05 Å². The molecule has 1 amide bonds. The van der Waals surface area contributed by atoms with Crippen LogP contribution in [0.15, 0.2) is 23.0 Å². The maximum Gasteiger partial charge on any atom is 0.307 e. The topological polar surface area (TPSA) is 71.3 Å². The first-order valence-corrected chi connectivity index (χ1v) is 6.92. The molecule has 0 bridgehead atoms. The van der Waals surface area contributed by atoms with Crippen LogP contribution in [0, 0.1) is 0 Å². The molecule has 3 rings (SSSR count). The summed E-state index contributed by atoms with van der Waals surface area (Å²) in [5.74, 6) is -0.286. The molecule has 1 unspecified atom stereocenters. The van der Waals surface area contributed by atoms with Crippen molar-refractivity contribution in [3.63, 3.8) is 0 Å². The summed E-state index contributed by atoms with van der Waals surface area (Å²) in [5.41, 5.74) is 1.79. The molecule has 0 saturated carbocycles. The van der Waals surface area contributed by atoms with Gasteiger partial charge in [-0.3, -0.25) is 9.59 Å². The monoisotopic (exact) mass is 278 g/mol. The Hall–Kier alpha value is -1.66. The van der Waals surface area contributed by atoms with Crippen LogP contribution in [0.4, 0.5) is 0 Å². The number of carbonyl (C=O) groups is 1. The van der Waals surface area contributed by atoms with Crippen LogP contribution < -0.4 is 10.2 Å². The Morgan fingerprint density at radius 3 is 2.95 bits per heavy atom. The van der Waals surface area contributed by atoms with Gasteiger partial charge < -0.3 is 15.0 Å². The Kier molecular flexibility index (Phi) is 2.91. The highest BCUT2D eigenvalue weighted by Gasteiger charge is 2.32. The first kappa shape index (κ1) is 12.4. The second-order valence-electron chi connectivity index (χ2n) is 4.83. The van der Waals surface area contributed by atoms with Crippen LogP contribution in [0.5, 0.6) is 0 Å². The highest BCUT2D eigenvalue weighted by molar-refractivity contribution is 7.16. The number of aryl methyl sites for hydroxylation is 1. The highest BCUT2D eigenvalue weighted by Crippen LogP contribution is 2.29. The standard InChI is InChI=1S/C13H14N2O3S/c1-15-10-3-2-7(4-11(10)19-13(15)18)9-5-8(6-16)14-12(9)17/h2-4,8-9,16H,5-6H2,1H3,(H,14,17)/t8-,9?/m1/s1. The number of aromatic nitrogens is 1. The number of hydrogen-bond donors (Lipinski definition) is 2. The largest absolute Gasteiger partial charge is 0.394 e. The van der Waals surface area contributed by atoms with Crippen molar-refractivity contribution in [3.05, 3.63) is 33.4 Å². The third kappa shape index (κ3) is 1.97. The second kappa shape index (κ2) is 4.47. The lowest BCUT2D eigenvalue weighted by Crippen LogP contribution is -2.28. The number of thiazole rings is 1. The molecule has 1 aromatic heterocycles. The average Bonchev–Trinajstić information content (AvgIpc) is 2.91. The number of nitrogens with zero attached hydrogens (tertiary/aromatic N) is 1. The minimum Gasteiger partial charge on any atom is -0.394 e. The van der Waals surface area contributed by atoms with E-state index < -0.39 is 0 Å². The molecule has 0 spiro atoms. The van der Waals surface area contributed by atoms with E-state index >= 15 is 0 Å². The number of benzene rings is 1. The molecule has 1 aliphatic heterocycles. The van der Waals surface area contributed by atoms with Gasteiger partial charge in [-0.1, -0.05) is 17.4 Å². The molecule has 1 fully saturated rings. The average molecular weight is 278 g/mol. The summed E-state index contributed by atoms with van der Waals surface area (Å²) in [6.07, 6.45) is 0.600. The number of aliphatic hydroxyl groups excluding tert-OH is 1. The molecule has 1 aromatic carbocycles. The van der Waals surface area contributed by atoms with Crippen molar-refractivity contribution in [1.82, 2.24) is 9.88 Å². The first-order chi connectivity index (χ1) is 9.10. The van der Waals surface area contributed by atoms with Gasteiger partial charge >= 0.3 is 4.87 Å². The molecular formula is C13H14N2O3S. The molecule has 6 heteroatoms. The molecule has 19 heavy (non-hydrogen) atoms. The summed E-state index contributed by atoms with van der Waals surface area (Å²) < 4.78 is 2.50. The second-order valence-corrected chi connectivity index (χ2v) is 5.82. The fourth-order valence-electron chi connectivity index (χ4n) is 2.53. The van der Waals surface area contributed by atoms with Crippen LogP contribution in [-0.4, -0.2) is 28.2 Å². The lowest BCUT2D eigenvalue weighted by Gasteiger charge is -2.07. The minimum atomic E-state index is -0.232. The maximum absolute atomic E-state index is 11.9. The summed E-state index contributed by atoms with van der Waals surface area (Å²) >= 11 is 1.19. The maximum atomic E-state index is 11.9. The first-order valence-electron chi connectivity index (χ1n) is 6.11. The third-order valence-corrected chi connectivity index (χ3v) is 4.62. The van der Waals surface area contributed by atoms with Gasteiger partial charge in [0.05, 0.1) is 28.8 Å². The molecule has 2 aromatic rings. The van der Waals surface area contributed by atoms with Gasteiger partial charge in [-0.05, 0) is 24.1 Å². The number of nitrogens with one attached hydrogen (secondary N) is 1. The molecule has 2 N–H and O–H groups in total. The molecule has 1 aliphatic rings. The van der Waals surface area contributed by atoms with Crippen LogP contribution in [0.25, 0.3) is 10.2 Å². The number of hydrogen-bond acceptors (Lipinski definition) is 4. The number of aliphatic hydroxyl groups is 1. The normalized spacial score (nSPS) is 22.9. The predicted octanol–water partition coefficient (Wildman–Crippen LogP) is 0.564. The van der Waals surface area contributed by atoms with Gasteiger partial charge in [0.2, 0.25) is 5.91 Å². The summed E-state index contributed by atoms with van der Waals surface area (Å²) in [6.45, 7) is -0.0385.